The molecule has 0 radical (unpaired) electrons. The highest BCUT2D eigenvalue weighted by Gasteiger charge is 2.23. The Balaban J connectivity index is 1.47. The number of nitrogens with zero attached hydrogens (tertiary/aromatic N) is 4. The van der Waals surface area contributed by atoms with Crippen LogP contribution in [-0.4, -0.2) is 34.1 Å². The predicted octanol–water partition coefficient (Wildman–Crippen LogP) is 3.69. The van der Waals surface area contributed by atoms with E-state index in [2.05, 4.69) is 45.0 Å². The summed E-state index contributed by atoms with van der Waals surface area (Å²) in [5.41, 5.74) is 3.24. The molecule has 1 aliphatic heterocycles. The monoisotopic (exact) mass is 334 g/mol. The molecular formula is C20H22N4O. The first-order chi connectivity index (χ1) is 12.2. The molecule has 3 aromatic rings. The third-order valence-corrected chi connectivity index (χ3v) is 4.70. The first kappa shape index (κ1) is 15.8. The Morgan fingerprint density at radius 2 is 1.84 bits per heavy atom. The van der Waals surface area contributed by atoms with E-state index in [1.165, 1.54) is 5.56 Å². The first-order valence-electron chi connectivity index (χ1n) is 8.75. The lowest BCUT2D eigenvalue weighted by atomic mass is 10.1. The quantitative estimate of drug-likeness (QED) is 0.731. The molecule has 1 saturated heterocycles. The summed E-state index contributed by atoms with van der Waals surface area (Å²) in [6, 6.07) is 10.3. The summed E-state index contributed by atoms with van der Waals surface area (Å²) in [5.74, 6) is 1.89. The number of rotatable bonds is 3. The molecule has 0 spiro atoms. The number of hydrogen-bond acceptors (Lipinski definition) is 5. The predicted molar refractivity (Wildman–Crippen MR) is 99.1 cm³/mol. The van der Waals surface area contributed by atoms with Crippen LogP contribution < -0.4 is 9.64 Å². The van der Waals surface area contributed by atoms with E-state index in [0.29, 0.717) is 0 Å². The van der Waals surface area contributed by atoms with Crippen LogP contribution in [0, 0.1) is 13.8 Å². The molecular weight excluding hydrogens is 312 g/mol. The van der Waals surface area contributed by atoms with E-state index in [0.717, 1.165) is 54.1 Å². The number of aromatic nitrogens is 3. The summed E-state index contributed by atoms with van der Waals surface area (Å²) in [4.78, 5) is 15.6. The Hall–Kier alpha value is -2.69. The molecule has 0 N–H and O–H groups in total. The molecule has 0 bridgehead atoms. The number of anilines is 1. The minimum atomic E-state index is 0.232. The number of benzene rings is 1. The van der Waals surface area contributed by atoms with Gasteiger partial charge in [-0.1, -0.05) is 11.6 Å². The van der Waals surface area contributed by atoms with Crippen molar-refractivity contribution in [3.05, 3.63) is 54.1 Å². The van der Waals surface area contributed by atoms with Crippen LogP contribution >= 0.6 is 0 Å². The van der Waals surface area contributed by atoms with Crippen molar-refractivity contribution < 1.29 is 4.74 Å². The summed E-state index contributed by atoms with van der Waals surface area (Å²) in [6.45, 7) is 5.95. The zero-order valence-corrected chi connectivity index (χ0v) is 14.6. The van der Waals surface area contributed by atoms with Crippen LogP contribution in [-0.2, 0) is 0 Å². The van der Waals surface area contributed by atoms with Gasteiger partial charge in [-0.25, -0.2) is 9.97 Å². The normalized spacial score (nSPS) is 15.5. The fraction of sp³-hybridized carbons (Fsp3) is 0.350. The molecule has 0 aliphatic carbocycles. The van der Waals surface area contributed by atoms with Gasteiger partial charge in [0.2, 0.25) is 0 Å². The van der Waals surface area contributed by atoms with Crippen LogP contribution in [0.3, 0.4) is 0 Å². The van der Waals surface area contributed by atoms with E-state index in [4.69, 9.17) is 4.74 Å². The number of pyridine rings is 1. The van der Waals surface area contributed by atoms with Gasteiger partial charge in [0.1, 0.15) is 24.0 Å². The lowest BCUT2D eigenvalue weighted by Gasteiger charge is -2.33. The van der Waals surface area contributed by atoms with Crippen molar-refractivity contribution >= 4 is 16.7 Å². The third kappa shape index (κ3) is 3.40. The van der Waals surface area contributed by atoms with Gasteiger partial charge in [-0.05, 0) is 38.1 Å². The SMILES string of the molecule is Cc1ccc2ncnc(N3CCC(Oc4ccc(C)nc4)CC3)c2c1. The van der Waals surface area contributed by atoms with Crippen molar-refractivity contribution in [1.82, 2.24) is 15.0 Å². The van der Waals surface area contributed by atoms with Gasteiger partial charge in [0.05, 0.1) is 11.7 Å². The smallest absolute Gasteiger partial charge is 0.139 e. The minimum absolute atomic E-state index is 0.232. The maximum absolute atomic E-state index is 6.08. The molecule has 1 fully saturated rings. The Labute approximate surface area is 147 Å². The molecule has 5 nitrogen and oxygen atoms in total. The maximum atomic E-state index is 6.08. The number of aryl methyl sites for hydroxylation is 2. The number of fused-ring (bicyclic) bond motifs is 1. The minimum Gasteiger partial charge on any atom is -0.489 e. The second-order valence-electron chi connectivity index (χ2n) is 6.66. The van der Waals surface area contributed by atoms with E-state index >= 15 is 0 Å². The van der Waals surface area contributed by atoms with E-state index in [1.54, 1.807) is 6.33 Å². The van der Waals surface area contributed by atoms with E-state index in [9.17, 15) is 0 Å². The Bertz CT molecular complexity index is 871. The number of ether oxygens (including phenoxy) is 1. The van der Waals surface area contributed by atoms with Crippen molar-refractivity contribution in [2.24, 2.45) is 0 Å². The van der Waals surface area contributed by atoms with E-state index < -0.39 is 0 Å². The molecule has 0 unspecified atom stereocenters. The van der Waals surface area contributed by atoms with Crippen molar-refractivity contribution in [3.63, 3.8) is 0 Å². The molecule has 0 atom stereocenters. The topological polar surface area (TPSA) is 51.1 Å². The molecule has 25 heavy (non-hydrogen) atoms. The summed E-state index contributed by atoms with van der Waals surface area (Å²) in [7, 11) is 0. The van der Waals surface area contributed by atoms with Gasteiger partial charge in [-0.15, -0.1) is 0 Å². The largest absolute Gasteiger partial charge is 0.489 e. The Morgan fingerprint density at radius 1 is 1.00 bits per heavy atom. The van der Waals surface area contributed by atoms with Gasteiger partial charge in [0.25, 0.3) is 0 Å². The van der Waals surface area contributed by atoms with Crippen LogP contribution in [0.25, 0.3) is 10.9 Å². The lowest BCUT2D eigenvalue weighted by molar-refractivity contribution is 0.170. The highest BCUT2D eigenvalue weighted by molar-refractivity contribution is 5.89. The maximum Gasteiger partial charge on any atom is 0.139 e. The highest BCUT2D eigenvalue weighted by atomic mass is 16.5. The van der Waals surface area contributed by atoms with Gasteiger partial charge in [-0.2, -0.15) is 0 Å². The molecule has 4 rings (SSSR count). The van der Waals surface area contributed by atoms with Gasteiger partial charge >= 0.3 is 0 Å². The van der Waals surface area contributed by atoms with Crippen molar-refractivity contribution in [1.29, 1.82) is 0 Å². The van der Waals surface area contributed by atoms with E-state index in [-0.39, 0.29) is 6.10 Å². The second kappa shape index (κ2) is 6.67. The number of hydrogen-bond donors (Lipinski definition) is 0. The van der Waals surface area contributed by atoms with Crippen molar-refractivity contribution in [2.45, 2.75) is 32.8 Å². The third-order valence-electron chi connectivity index (χ3n) is 4.70. The van der Waals surface area contributed by atoms with Crippen LogP contribution in [0.4, 0.5) is 5.82 Å². The van der Waals surface area contributed by atoms with Gasteiger partial charge in [0, 0.05) is 37.0 Å². The molecule has 2 aromatic heterocycles. The van der Waals surface area contributed by atoms with Crippen LogP contribution in [0.1, 0.15) is 24.1 Å². The molecule has 1 aliphatic rings. The van der Waals surface area contributed by atoms with Crippen LogP contribution in [0.2, 0.25) is 0 Å². The van der Waals surface area contributed by atoms with Crippen molar-refractivity contribution in [2.75, 3.05) is 18.0 Å². The Kier molecular flexibility index (Phi) is 4.22. The Morgan fingerprint density at radius 3 is 2.60 bits per heavy atom. The summed E-state index contributed by atoms with van der Waals surface area (Å²) >= 11 is 0. The van der Waals surface area contributed by atoms with E-state index in [1.807, 2.05) is 25.3 Å². The lowest BCUT2D eigenvalue weighted by Crippen LogP contribution is -2.38. The number of piperidine rings is 1. The fourth-order valence-electron chi connectivity index (χ4n) is 3.31. The summed E-state index contributed by atoms with van der Waals surface area (Å²) in [6.07, 6.45) is 5.65. The average Bonchev–Trinajstić information content (AvgIpc) is 2.64. The first-order valence-corrected chi connectivity index (χ1v) is 8.75. The molecule has 1 aromatic carbocycles. The molecule has 3 heterocycles. The zero-order chi connectivity index (χ0) is 17.2. The summed E-state index contributed by atoms with van der Waals surface area (Å²) < 4.78 is 6.08. The van der Waals surface area contributed by atoms with Crippen molar-refractivity contribution in [3.8, 4) is 5.75 Å². The molecule has 128 valence electrons. The van der Waals surface area contributed by atoms with Crippen LogP contribution in [0.5, 0.6) is 5.75 Å². The standard InChI is InChI=1S/C20H22N4O/c1-14-3-6-19-18(11-14)20(23-13-22-19)24-9-7-16(8-10-24)25-17-5-4-15(2)21-12-17/h3-6,11-13,16H,7-10H2,1-2H3. The van der Waals surface area contributed by atoms with Gasteiger partial charge < -0.3 is 9.64 Å². The average molecular weight is 334 g/mol. The second-order valence-corrected chi connectivity index (χ2v) is 6.66. The molecule has 0 amide bonds. The fourth-order valence-corrected chi connectivity index (χ4v) is 3.31. The van der Waals surface area contributed by atoms with Gasteiger partial charge in [0.15, 0.2) is 0 Å². The zero-order valence-electron chi connectivity index (χ0n) is 14.6. The van der Waals surface area contributed by atoms with Crippen LogP contribution in [0.15, 0.2) is 42.9 Å². The van der Waals surface area contributed by atoms with Gasteiger partial charge in [-0.3, -0.25) is 4.98 Å². The molecule has 0 saturated carbocycles. The highest BCUT2D eigenvalue weighted by Crippen LogP contribution is 2.27. The summed E-state index contributed by atoms with van der Waals surface area (Å²) in [5, 5.41) is 1.13. The molecule has 5 heteroatoms.